The van der Waals surface area contributed by atoms with Crippen molar-refractivity contribution in [3.63, 3.8) is 0 Å². The normalized spacial score (nSPS) is 14.8. The van der Waals surface area contributed by atoms with Gasteiger partial charge in [-0.15, -0.1) is 11.3 Å². The van der Waals surface area contributed by atoms with Crippen LogP contribution < -0.4 is 0 Å². The minimum Gasteiger partial charge on any atom is -0.477 e. The van der Waals surface area contributed by atoms with Gasteiger partial charge in [0.15, 0.2) is 5.82 Å². The molecule has 2 aromatic rings. The van der Waals surface area contributed by atoms with Crippen LogP contribution in [-0.4, -0.2) is 39.6 Å². The third-order valence-electron chi connectivity index (χ3n) is 3.59. The van der Waals surface area contributed by atoms with Crippen molar-refractivity contribution >= 4 is 17.3 Å². The predicted molar refractivity (Wildman–Crippen MR) is 81.8 cm³/mol. The molecule has 0 saturated carbocycles. The van der Waals surface area contributed by atoms with Gasteiger partial charge in [0, 0.05) is 55.5 Å². The molecule has 2 aromatic heterocycles. The summed E-state index contributed by atoms with van der Waals surface area (Å²) in [5, 5.41) is 8.97. The second-order valence-electron chi connectivity index (χ2n) is 5.22. The van der Waals surface area contributed by atoms with Crippen molar-refractivity contribution in [3.8, 4) is 0 Å². The molecule has 0 unspecified atom stereocenters. The number of hydrogen-bond donors (Lipinski definition) is 1. The maximum absolute atomic E-state index is 10.9. The molecule has 3 rings (SSSR count). The fourth-order valence-electron chi connectivity index (χ4n) is 2.55. The molecule has 0 atom stereocenters. The standard InChI is InChI=1S/C15H17N3O3S/c1-21-9-14-16-6-10-7-18(5-4-12(10)17-14)8-11-2-3-13(22-11)15(19)20/h2-3,6H,4-5,7-9H2,1H3,(H,19,20). The lowest BCUT2D eigenvalue weighted by molar-refractivity contribution is 0.0702. The van der Waals surface area contributed by atoms with Gasteiger partial charge in [0.05, 0.1) is 0 Å². The van der Waals surface area contributed by atoms with Gasteiger partial charge in [-0.25, -0.2) is 14.8 Å². The van der Waals surface area contributed by atoms with Crippen molar-refractivity contribution in [3.05, 3.63) is 45.2 Å². The molecule has 0 amide bonds. The quantitative estimate of drug-likeness (QED) is 0.908. The van der Waals surface area contributed by atoms with E-state index in [0.717, 1.165) is 48.0 Å². The van der Waals surface area contributed by atoms with Gasteiger partial charge in [-0.1, -0.05) is 0 Å². The number of methoxy groups -OCH3 is 1. The van der Waals surface area contributed by atoms with Crippen LogP contribution in [0.4, 0.5) is 0 Å². The molecule has 1 N–H and O–H groups in total. The first-order valence-corrected chi connectivity index (χ1v) is 7.84. The summed E-state index contributed by atoms with van der Waals surface area (Å²) in [7, 11) is 1.64. The van der Waals surface area contributed by atoms with E-state index in [4.69, 9.17) is 9.84 Å². The first-order valence-electron chi connectivity index (χ1n) is 7.02. The number of fused-ring (bicyclic) bond motifs is 1. The number of carbonyl (C=O) groups is 1. The van der Waals surface area contributed by atoms with E-state index < -0.39 is 5.97 Å². The fourth-order valence-corrected chi connectivity index (χ4v) is 3.44. The van der Waals surface area contributed by atoms with E-state index in [1.165, 1.54) is 11.3 Å². The van der Waals surface area contributed by atoms with E-state index in [1.807, 2.05) is 12.3 Å². The molecule has 116 valence electrons. The number of ether oxygens (including phenoxy) is 1. The lowest BCUT2D eigenvalue weighted by Crippen LogP contribution is -2.30. The van der Waals surface area contributed by atoms with Crippen LogP contribution in [0.5, 0.6) is 0 Å². The second-order valence-corrected chi connectivity index (χ2v) is 6.39. The topological polar surface area (TPSA) is 75.6 Å². The van der Waals surface area contributed by atoms with E-state index in [-0.39, 0.29) is 0 Å². The van der Waals surface area contributed by atoms with E-state index in [2.05, 4.69) is 14.9 Å². The first kappa shape index (κ1) is 15.1. The molecule has 3 heterocycles. The van der Waals surface area contributed by atoms with E-state index in [0.29, 0.717) is 11.5 Å². The molecule has 1 aliphatic heterocycles. The Labute approximate surface area is 132 Å². The Balaban J connectivity index is 1.67. The number of carboxylic acid groups (broad SMARTS) is 1. The SMILES string of the molecule is COCc1ncc2c(n1)CCN(Cc1ccc(C(=O)O)s1)C2. The van der Waals surface area contributed by atoms with Crippen LogP contribution in [-0.2, 0) is 30.9 Å². The Bertz CT molecular complexity index is 686. The van der Waals surface area contributed by atoms with Crippen LogP contribution in [0.1, 0.15) is 31.6 Å². The highest BCUT2D eigenvalue weighted by Gasteiger charge is 2.19. The zero-order chi connectivity index (χ0) is 15.5. The van der Waals surface area contributed by atoms with Crippen molar-refractivity contribution in [1.82, 2.24) is 14.9 Å². The van der Waals surface area contributed by atoms with Crippen molar-refractivity contribution in [2.45, 2.75) is 26.1 Å². The summed E-state index contributed by atoms with van der Waals surface area (Å²) < 4.78 is 5.06. The molecular weight excluding hydrogens is 302 g/mol. The summed E-state index contributed by atoms with van der Waals surface area (Å²) in [6.45, 7) is 2.90. The Morgan fingerprint density at radius 1 is 1.50 bits per heavy atom. The molecule has 0 saturated heterocycles. The van der Waals surface area contributed by atoms with Gasteiger partial charge >= 0.3 is 5.97 Å². The van der Waals surface area contributed by atoms with E-state index in [9.17, 15) is 4.79 Å². The summed E-state index contributed by atoms with van der Waals surface area (Å²) in [6.07, 6.45) is 2.76. The molecule has 0 aliphatic carbocycles. The molecule has 0 spiro atoms. The summed E-state index contributed by atoms with van der Waals surface area (Å²) in [6, 6.07) is 3.56. The van der Waals surface area contributed by atoms with Gasteiger partial charge in [0.25, 0.3) is 0 Å². The highest BCUT2D eigenvalue weighted by molar-refractivity contribution is 7.13. The monoisotopic (exact) mass is 319 g/mol. The Kier molecular flexibility index (Phi) is 4.47. The van der Waals surface area contributed by atoms with Crippen LogP contribution in [0.25, 0.3) is 0 Å². The van der Waals surface area contributed by atoms with Gasteiger partial charge in [-0.05, 0) is 12.1 Å². The predicted octanol–water partition coefficient (Wildman–Crippen LogP) is 1.94. The number of thiophene rings is 1. The molecule has 0 bridgehead atoms. The molecule has 0 aromatic carbocycles. The van der Waals surface area contributed by atoms with Crippen LogP contribution in [0.3, 0.4) is 0 Å². The molecule has 0 radical (unpaired) electrons. The molecule has 1 aliphatic rings. The number of carboxylic acids is 1. The zero-order valence-electron chi connectivity index (χ0n) is 12.3. The fraction of sp³-hybridized carbons (Fsp3) is 0.400. The largest absolute Gasteiger partial charge is 0.477 e. The van der Waals surface area contributed by atoms with Gasteiger partial charge in [0.1, 0.15) is 11.5 Å². The molecule has 0 fully saturated rings. The number of hydrogen-bond acceptors (Lipinski definition) is 6. The molecular formula is C15H17N3O3S. The summed E-state index contributed by atoms with van der Waals surface area (Å²) in [5.41, 5.74) is 2.23. The minimum atomic E-state index is -0.862. The molecule has 6 nitrogen and oxygen atoms in total. The summed E-state index contributed by atoms with van der Waals surface area (Å²) in [4.78, 5) is 23.5. The first-order chi connectivity index (χ1) is 10.7. The number of nitrogens with zero attached hydrogens (tertiary/aromatic N) is 3. The lowest BCUT2D eigenvalue weighted by Gasteiger charge is -2.27. The van der Waals surface area contributed by atoms with Crippen molar-refractivity contribution in [2.75, 3.05) is 13.7 Å². The van der Waals surface area contributed by atoms with Crippen LogP contribution in [0.2, 0.25) is 0 Å². The number of aromatic carboxylic acids is 1. The third-order valence-corrected chi connectivity index (χ3v) is 4.65. The summed E-state index contributed by atoms with van der Waals surface area (Å²) >= 11 is 1.34. The van der Waals surface area contributed by atoms with Crippen molar-refractivity contribution in [2.24, 2.45) is 0 Å². The van der Waals surface area contributed by atoms with E-state index >= 15 is 0 Å². The zero-order valence-corrected chi connectivity index (χ0v) is 13.1. The van der Waals surface area contributed by atoms with E-state index in [1.54, 1.807) is 13.2 Å². The number of rotatable bonds is 5. The highest BCUT2D eigenvalue weighted by Crippen LogP contribution is 2.22. The van der Waals surface area contributed by atoms with Crippen molar-refractivity contribution in [1.29, 1.82) is 0 Å². The van der Waals surface area contributed by atoms with Crippen LogP contribution >= 0.6 is 11.3 Å². The minimum absolute atomic E-state index is 0.389. The Morgan fingerprint density at radius 2 is 2.36 bits per heavy atom. The van der Waals surface area contributed by atoms with Crippen LogP contribution in [0.15, 0.2) is 18.3 Å². The Hall–Kier alpha value is -1.83. The average molecular weight is 319 g/mol. The molecule has 7 heteroatoms. The van der Waals surface area contributed by atoms with Gasteiger partial charge in [-0.2, -0.15) is 0 Å². The number of aromatic nitrogens is 2. The van der Waals surface area contributed by atoms with Crippen LogP contribution in [0, 0.1) is 0 Å². The van der Waals surface area contributed by atoms with Gasteiger partial charge in [0.2, 0.25) is 0 Å². The third kappa shape index (κ3) is 3.32. The molecule has 22 heavy (non-hydrogen) atoms. The summed E-state index contributed by atoms with van der Waals surface area (Å²) in [5.74, 6) is -0.140. The second kappa shape index (κ2) is 6.51. The highest BCUT2D eigenvalue weighted by atomic mass is 32.1. The van der Waals surface area contributed by atoms with Crippen molar-refractivity contribution < 1.29 is 14.6 Å². The van der Waals surface area contributed by atoms with Gasteiger partial charge < -0.3 is 9.84 Å². The van der Waals surface area contributed by atoms with Gasteiger partial charge in [-0.3, -0.25) is 4.90 Å². The maximum Gasteiger partial charge on any atom is 0.345 e. The Morgan fingerprint density at radius 3 is 3.09 bits per heavy atom. The average Bonchev–Trinajstić information content (AvgIpc) is 2.96. The lowest BCUT2D eigenvalue weighted by atomic mass is 10.1. The maximum atomic E-state index is 10.9. The smallest absolute Gasteiger partial charge is 0.345 e.